The van der Waals surface area contributed by atoms with Crippen molar-refractivity contribution in [3.63, 3.8) is 0 Å². The number of nitrogens with zero attached hydrogens (tertiary/aromatic N) is 5. The first-order valence-electron chi connectivity index (χ1n) is 11.0. The zero-order valence-electron chi connectivity index (χ0n) is 19.1. The molecule has 1 amide bonds. The van der Waals surface area contributed by atoms with Gasteiger partial charge in [-0.3, -0.25) is 9.36 Å². The van der Waals surface area contributed by atoms with E-state index >= 15 is 0 Å². The Bertz CT molecular complexity index is 1540. The minimum atomic E-state index is -0.448. The van der Waals surface area contributed by atoms with Gasteiger partial charge in [0.05, 0.1) is 11.3 Å². The lowest BCUT2D eigenvalue weighted by atomic mass is 10.1. The second kappa shape index (κ2) is 9.55. The van der Waals surface area contributed by atoms with Crippen LogP contribution in [-0.2, 0) is 4.79 Å². The summed E-state index contributed by atoms with van der Waals surface area (Å²) < 4.78 is 1.92. The lowest BCUT2D eigenvalue weighted by Crippen LogP contribution is -2.02. The van der Waals surface area contributed by atoms with E-state index in [9.17, 15) is 9.90 Å². The highest BCUT2D eigenvalue weighted by Crippen LogP contribution is 2.37. The predicted molar refractivity (Wildman–Crippen MR) is 136 cm³/mol. The Kier molecular flexibility index (Phi) is 6.15. The normalized spacial score (nSPS) is 11.5. The van der Waals surface area contributed by atoms with Crippen molar-refractivity contribution in [3.05, 3.63) is 83.9 Å². The number of aromatic amines is 1. The van der Waals surface area contributed by atoms with Gasteiger partial charge in [-0.25, -0.2) is 0 Å². The molecule has 35 heavy (non-hydrogen) atoms. The number of rotatable bonds is 6. The highest BCUT2D eigenvalue weighted by molar-refractivity contribution is 7.99. The number of hydrogen-bond donors (Lipinski definition) is 2. The Hall–Kier alpha value is -4.24. The number of aryl methyl sites for hydroxylation is 2. The number of H-pyrrole nitrogens is 1. The van der Waals surface area contributed by atoms with Crippen LogP contribution in [0.25, 0.3) is 28.0 Å². The number of amides is 1. The van der Waals surface area contributed by atoms with Crippen LogP contribution in [0.5, 0.6) is 5.88 Å². The number of hydrogen-bond acceptors (Lipinski definition) is 6. The molecule has 0 aliphatic carbocycles. The summed E-state index contributed by atoms with van der Waals surface area (Å²) in [7, 11) is 0. The van der Waals surface area contributed by atoms with Gasteiger partial charge < -0.3 is 10.1 Å². The molecule has 5 aromatic rings. The topological polar surface area (TPSA) is 109 Å². The van der Waals surface area contributed by atoms with Crippen molar-refractivity contribution in [2.45, 2.75) is 19.0 Å². The predicted octanol–water partition coefficient (Wildman–Crippen LogP) is 6.14. The summed E-state index contributed by atoms with van der Waals surface area (Å²) in [4.78, 5) is 15.5. The zero-order valence-corrected chi connectivity index (χ0v) is 20.0. The molecule has 2 N–H and O–H groups in total. The molecule has 0 aliphatic rings. The molecule has 0 saturated heterocycles. The van der Waals surface area contributed by atoms with Gasteiger partial charge in [0.25, 0.3) is 5.91 Å². The van der Waals surface area contributed by atoms with Crippen LogP contribution in [-0.4, -0.2) is 36.5 Å². The van der Waals surface area contributed by atoms with E-state index in [4.69, 9.17) is 0 Å². The number of aromatic hydroxyl groups is 1. The standard InChI is InChI=1S/C26H22N6O2S/c1-16-13-14-20-22(17(16)2)27-25(34)23(20)29-28-21(33)15-35-26-31-30-24(18-9-5-3-6-10-18)32(26)19-11-7-4-8-12-19/h3-14,27,34H,15H2,1-2H3. The summed E-state index contributed by atoms with van der Waals surface area (Å²) in [5.74, 6) is 0.137. The van der Waals surface area contributed by atoms with Gasteiger partial charge in [0.1, 0.15) is 0 Å². The van der Waals surface area contributed by atoms with Gasteiger partial charge in [0, 0.05) is 16.6 Å². The molecule has 0 fully saturated rings. The number of carbonyl (C=O) groups is 1. The Morgan fingerprint density at radius 3 is 2.46 bits per heavy atom. The van der Waals surface area contributed by atoms with Gasteiger partial charge in [-0.15, -0.1) is 20.4 Å². The molecule has 0 atom stereocenters. The third kappa shape index (κ3) is 4.45. The van der Waals surface area contributed by atoms with Crippen molar-refractivity contribution < 1.29 is 9.90 Å². The van der Waals surface area contributed by atoms with Crippen LogP contribution in [0.1, 0.15) is 11.1 Å². The van der Waals surface area contributed by atoms with E-state index in [2.05, 4.69) is 25.4 Å². The van der Waals surface area contributed by atoms with Gasteiger partial charge in [0.15, 0.2) is 16.7 Å². The maximum absolute atomic E-state index is 12.6. The van der Waals surface area contributed by atoms with Crippen molar-refractivity contribution in [2.75, 3.05) is 5.75 Å². The number of nitrogens with one attached hydrogen (secondary N) is 1. The van der Waals surface area contributed by atoms with Crippen LogP contribution in [0.2, 0.25) is 0 Å². The molecule has 0 saturated carbocycles. The Morgan fingerprint density at radius 2 is 1.71 bits per heavy atom. The molecule has 0 bridgehead atoms. The monoisotopic (exact) mass is 482 g/mol. The highest BCUT2D eigenvalue weighted by Gasteiger charge is 2.18. The van der Waals surface area contributed by atoms with Crippen molar-refractivity contribution in [1.29, 1.82) is 0 Å². The minimum Gasteiger partial charge on any atom is -0.493 e. The molecule has 0 unspecified atom stereocenters. The Balaban J connectivity index is 1.39. The second-order valence-electron chi connectivity index (χ2n) is 7.98. The average Bonchev–Trinajstić information content (AvgIpc) is 3.45. The molecule has 0 spiro atoms. The van der Waals surface area contributed by atoms with Crippen LogP contribution >= 0.6 is 11.8 Å². The quantitative estimate of drug-likeness (QED) is 0.223. The molecule has 0 aliphatic heterocycles. The summed E-state index contributed by atoms with van der Waals surface area (Å²) in [6, 6.07) is 23.3. The zero-order chi connectivity index (χ0) is 24.4. The van der Waals surface area contributed by atoms with E-state index in [1.165, 1.54) is 11.8 Å². The fourth-order valence-electron chi connectivity index (χ4n) is 3.79. The van der Waals surface area contributed by atoms with E-state index in [0.29, 0.717) is 16.4 Å². The average molecular weight is 483 g/mol. The maximum atomic E-state index is 12.6. The van der Waals surface area contributed by atoms with Crippen LogP contribution in [0, 0.1) is 13.8 Å². The number of carbonyl (C=O) groups excluding carboxylic acids is 1. The first-order valence-corrected chi connectivity index (χ1v) is 12.0. The SMILES string of the molecule is Cc1ccc2c(N=NC(=O)CSc3nnc(-c4ccccc4)n3-c3ccccc3)c(O)[nH]c2c1C. The van der Waals surface area contributed by atoms with Gasteiger partial charge in [0.2, 0.25) is 5.88 Å². The number of benzene rings is 3. The largest absolute Gasteiger partial charge is 0.493 e. The molecule has 8 nitrogen and oxygen atoms in total. The third-order valence-electron chi connectivity index (χ3n) is 5.72. The molecule has 5 rings (SSSR count). The fraction of sp³-hybridized carbons (Fsp3) is 0.115. The first-order chi connectivity index (χ1) is 17.0. The van der Waals surface area contributed by atoms with Crippen LogP contribution in [0.3, 0.4) is 0 Å². The smallest absolute Gasteiger partial charge is 0.275 e. The number of aromatic nitrogens is 4. The van der Waals surface area contributed by atoms with E-state index in [1.807, 2.05) is 91.2 Å². The summed E-state index contributed by atoms with van der Waals surface area (Å²) in [5.41, 5.74) is 4.94. The third-order valence-corrected chi connectivity index (χ3v) is 6.64. The molecule has 9 heteroatoms. The molecular weight excluding hydrogens is 460 g/mol. The lowest BCUT2D eigenvalue weighted by Gasteiger charge is -2.09. The maximum Gasteiger partial charge on any atom is 0.275 e. The van der Waals surface area contributed by atoms with E-state index in [-0.39, 0.29) is 17.3 Å². The van der Waals surface area contributed by atoms with Crippen LogP contribution < -0.4 is 0 Å². The number of fused-ring (bicyclic) bond motifs is 1. The molecule has 3 aromatic carbocycles. The van der Waals surface area contributed by atoms with Crippen molar-refractivity contribution in [1.82, 2.24) is 19.7 Å². The molecule has 2 aromatic heterocycles. The van der Waals surface area contributed by atoms with Crippen LogP contribution in [0.4, 0.5) is 5.69 Å². The first kappa shape index (κ1) is 22.5. The van der Waals surface area contributed by atoms with E-state index in [0.717, 1.165) is 27.9 Å². The molecule has 0 radical (unpaired) electrons. The second-order valence-corrected chi connectivity index (χ2v) is 8.92. The number of thioether (sulfide) groups is 1. The van der Waals surface area contributed by atoms with E-state index < -0.39 is 5.91 Å². The molecular formula is C26H22N6O2S. The highest BCUT2D eigenvalue weighted by atomic mass is 32.2. The summed E-state index contributed by atoms with van der Waals surface area (Å²) in [5, 5.41) is 28.2. The number of azo groups is 1. The van der Waals surface area contributed by atoms with Crippen LogP contribution in [0.15, 0.2) is 88.2 Å². The summed E-state index contributed by atoms with van der Waals surface area (Å²) >= 11 is 1.23. The van der Waals surface area contributed by atoms with Gasteiger partial charge in [-0.05, 0) is 37.1 Å². The van der Waals surface area contributed by atoms with Gasteiger partial charge in [-0.2, -0.15) is 0 Å². The Morgan fingerprint density at radius 1 is 1.00 bits per heavy atom. The van der Waals surface area contributed by atoms with Gasteiger partial charge >= 0.3 is 0 Å². The molecule has 2 heterocycles. The lowest BCUT2D eigenvalue weighted by molar-refractivity contribution is -0.115. The summed E-state index contributed by atoms with van der Waals surface area (Å²) in [6.07, 6.45) is 0. The Labute approximate surface area is 205 Å². The minimum absolute atomic E-state index is 0.0184. The van der Waals surface area contributed by atoms with Crippen molar-refractivity contribution in [3.8, 4) is 23.0 Å². The van der Waals surface area contributed by atoms with Gasteiger partial charge in [-0.1, -0.05) is 72.4 Å². The van der Waals surface area contributed by atoms with Crippen molar-refractivity contribution in [2.24, 2.45) is 10.2 Å². The number of para-hydroxylation sites is 1. The van der Waals surface area contributed by atoms with E-state index in [1.54, 1.807) is 0 Å². The fourth-order valence-corrected chi connectivity index (χ4v) is 4.52. The molecule has 174 valence electrons. The summed E-state index contributed by atoms with van der Waals surface area (Å²) in [6.45, 7) is 3.95. The van der Waals surface area contributed by atoms with Crippen molar-refractivity contribution >= 4 is 34.3 Å².